The third-order valence-corrected chi connectivity index (χ3v) is 2.65. The summed E-state index contributed by atoms with van der Waals surface area (Å²) in [4.78, 5) is 3.74. The molecule has 0 aliphatic rings. The van der Waals surface area contributed by atoms with Gasteiger partial charge in [0.05, 0.1) is 6.21 Å². The number of nitrogens with zero attached hydrogens (tertiary/aromatic N) is 2. The highest BCUT2D eigenvalue weighted by Gasteiger charge is 1.95. The summed E-state index contributed by atoms with van der Waals surface area (Å²) in [5, 5.41) is 3.98. The average molecular weight is 252 g/mol. The standard InChI is InChI=1S/C15H16N4/c1-17-15(16)19-18-11-12-7-9-14(10-8-12)13-5-3-2-4-6-13/h2-11H,1H3,(H3,16,17,19)/b18-11+. The first-order chi connectivity index (χ1) is 9.29. The molecule has 0 saturated carbocycles. The third kappa shape index (κ3) is 3.67. The van der Waals surface area contributed by atoms with Crippen molar-refractivity contribution in [3.63, 3.8) is 0 Å². The lowest BCUT2D eigenvalue weighted by Gasteiger charge is -2.01. The van der Waals surface area contributed by atoms with Gasteiger partial charge in [-0.05, 0) is 16.7 Å². The zero-order chi connectivity index (χ0) is 13.5. The fourth-order valence-corrected chi connectivity index (χ4v) is 1.62. The Kier molecular flexibility index (Phi) is 4.29. The molecule has 0 saturated heterocycles. The zero-order valence-electron chi connectivity index (χ0n) is 10.7. The molecule has 0 amide bonds. The van der Waals surface area contributed by atoms with Gasteiger partial charge in [-0.3, -0.25) is 4.99 Å². The number of hydrogen-bond acceptors (Lipinski definition) is 2. The van der Waals surface area contributed by atoms with Crippen molar-refractivity contribution >= 4 is 12.2 Å². The lowest BCUT2D eigenvalue weighted by molar-refractivity contribution is 1.01. The van der Waals surface area contributed by atoms with Crippen molar-refractivity contribution < 1.29 is 0 Å². The molecule has 4 nitrogen and oxygen atoms in total. The highest BCUT2D eigenvalue weighted by molar-refractivity contribution is 5.83. The Morgan fingerprint density at radius 2 is 1.63 bits per heavy atom. The van der Waals surface area contributed by atoms with Gasteiger partial charge in [0.15, 0.2) is 0 Å². The van der Waals surface area contributed by atoms with Gasteiger partial charge in [0.2, 0.25) is 5.96 Å². The lowest BCUT2D eigenvalue weighted by Crippen LogP contribution is -2.26. The van der Waals surface area contributed by atoms with Crippen molar-refractivity contribution in [3.05, 3.63) is 60.2 Å². The Labute approximate surface area is 112 Å². The summed E-state index contributed by atoms with van der Waals surface area (Å²) in [7, 11) is 1.60. The molecule has 0 aromatic heterocycles. The number of nitrogens with two attached hydrogens (primary N) is 1. The first-order valence-electron chi connectivity index (χ1n) is 5.96. The highest BCUT2D eigenvalue weighted by atomic mass is 15.3. The molecule has 2 aromatic rings. The summed E-state index contributed by atoms with van der Waals surface area (Å²) >= 11 is 0. The quantitative estimate of drug-likeness (QED) is 0.500. The normalized spacial score (nSPS) is 11.7. The van der Waals surface area contributed by atoms with Crippen LogP contribution in [-0.4, -0.2) is 19.2 Å². The molecule has 0 atom stereocenters. The second kappa shape index (κ2) is 6.35. The van der Waals surface area contributed by atoms with E-state index in [0.29, 0.717) is 0 Å². The van der Waals surface area contributed by atoms with Crippen LogP contribution in [0.5, 0.6) is 0 Å². The average Bonchev–Trinajstić information content (AvgIpc) is 2.48. The molecule has 2 aromatic carbocycles. The molecule has 19 heavy (non-hydrogen) atoms. The van der Waals surface area contributed by atoms with E-state index in [1.807, 2.05) is 30.3 Å². The summed E-state index contributed by atoms with van der Waals surface area (Å²) in [6.45, 7) is 0. The number of aliphatic imine (C=N–C) groups is 1. The van der Waals surface area contributed by atoms with Gasteiger partial charge in [-0.1, -0.05) is 54.6 Å². The van der Waals surface area contributed by atoms with Crippen LogP contribution in [0, 0.1) is 0 Å². The molecular formula is C15H16N4. The van der Waals surface area contributed by atoms with Crippen LogP contribution >= 0.6 is 0 Å². The molecule has 0 aliphatic carbocycles. The van der Waals surface area contributed by atoms with Crippen LogP contribution in [0.25, 0.3) is 11.1 Å². The predicted octanol–water partition coefficient (Wildman–Crippen LogP) is 2.22. The van der Waals surface area contributed by atoms with Crippen molar-refractivity contribution in [1.29, 1.82) is 0 Å². The minimum absolute atomic E-state index is 0.289. The number of hydrogen-bond donors (Lipinski definition) is 2. The van der Waals surface area contributed by atoms with E-state index in [1.165, 1.54) is 11.1 Å². The van der Waals surface area contributed by atoms with Crippen molar-refractivity contribution in [3.8, 4) is 11.1 Å². The van der Waals surface area contributed by atoms with E-state index in [-0.39, 0.29) is 5.96 Å². The maximum absolute atomic E-state index is 5.46. The summed E-state index contributed by atoms with van der Waals surface area (Å²) in [5.74, 6) is 0.289. The molecule has 0 spiro atoms. The van der Waals surface area contributed by atoms with Crippen molar-refractivity contribution in [2.45, 2.75) is 0 Å². The number of guanidine groups is 1. The number of nitrogens with one attached hydrogen (secondary N) is 1. The van der Waals surface area contributed by atoms with Gasteiger partial charge in [0.1, 0.15) is 0 Å². The van der Waals surface area contributed by atoms with Gasteiger partial charge in [0, 0.05) is 7.05 Å². The highest BCUT2D eigenvalue weighted by Crippen LogP contribution is 2.18. The molecule has 4 heteroatoms. The maximum Gasteiger partial charge on any atom is 0.209 e. The lowest BCUT2D eigenvalue weighted by atomic mass is 10.0. The summed E-state index contributed by atoms with van der Waals surface area (Å²) in [6.07, 6.45) is 1.70. The van der Waals surface area contributed by atoms with Crippen molar-refractivity contribution in [2.75, 3.05) is 7.05 Å². The summed E-state index contributed by atoms with van der Waals surface area (Å²) in [5.41, 5.74) is 11.5. The van der Waals surface area contributed by atoms with E-state index in [4.69, 9.17) is 5.73 Å². The maximum atomic E-state index is 5.46. The molecule has 0 radical (unpaired) electrons. The van der Waals surface area contributed by atoms with Gasteiger partial charge in [-0.2, -0.15) is 5.10 Å². The number of hydrazone groups is 1. The molecular weight excluding hydrogens is 236 g/mol. The third-order valence-electron chi connectivity index (χ3n) is 2.65. The largest absolute Gasteiger partial charge is 0.369 e. The molecule has 2 rings (SSSR count). The summed E-state index contributed by atoms with van der Waals surface area (Å²) < 4.78 is 0. The van der Waals surface area contributed by atoms with Gasteiger partial charge in [-0.15, -0.1) is 0 Å². The zero-order valence-corrected chi connectivity index (χ0v) is 10.7. The van der Waals surface area contributed by atoms with E-state index in [0.717, 1.165) is 5.56 Å². The predicted molar refractivity (Wildman–Crippen MR) is 80.2 cm³/mol. The van der Waals surface area contributed by atoms with Crippen LogP contribution in [0.4, 0.5) is 0 Å². The van der Waals surface area contributed by atoms with Crippen LogP contribution in [0.3, 0.4) is 0 Å². The smallest absolute Gasteiger partial charge is 0.209 e. The fraction of sp³-hybridized carbons (Fsp3) is 0.0667. The SMILES string of the molecule is CN=C(N)N/N=C/c1ccc(-c2ccccc2)cc1. The number of rotatable bonds is 3. The Balaban J connectivity index is 2.07. The van der Waals surface area contributed by atoms with E-state index in [1.54, 1.807) is 13.3 Å². The van der Waals surface area contributed by atoms with Gasteiger partial charge in [0.25, 0.3) is 0 Å². The van der Waals surface area contributed by atoms with Gasteiger partial charge < -0.3 is 5.73 Å². The van der Waals surface area contributed by atoms with E-state index in [9.17, 15) is 0 Å². The second-order valence-electron chi connectivity index (χ2n) is 3.97. The van der Waals surface area contributed by atoms with E-state index < -0.39 is 0 Å². The Morgan fingerprint density at radius 3 is 2.26 bits per heavy atom. The first kappa shape index (κ1) is 12.8. The Hall–Kier alpha value is -2.62. The second-order valence-corrected chi connectivity index (χ2v) is 3.97. The molecule has 3 N–H and O–H groups in total. The van der Waals surface area contributed by atoms with Crippen molar-refractivity contribution in [1.82, 2.24) is 5.43 Å². The molecule has 0 heterocycles. The summed E-state index contributed by atoms with van der Waals surface area (Å²) in [6, 6.07) is 18.4. The van der Waals surface area contributed by atoms with Crippen LogP contribution in [0.1, 0.15) is 5.56 Å². The number of benzene rings is 2. The minimum Gasteiger partial charge on any atom is -0.369 e. The topological polar surface area (TPSA) is 62.8 Å². The van der Waals surface area contributed by atoms with Crippen LogP contribution < -0.4 is 11.2 Å². The Bertz CT molecular complexity index is 571. The van der Waals surface area contributed by atoms with Gasteiger partial charge >= 0.3 is 0 Å². The van der Waals surface area contributed by atoms with E-state index >= 15 is 0 Å². The molecule has 0 fully saturated rings. The fourth-order valence-electron chi connectivity index (χ4n) is 1.62. The molecule has 96 valence electrons. The minimum atomic E-state index is 0.289. The molecule has 0 aliphatic heterocycles. The first-order valence-corrected chi connectivity index (χ1v) is 5.96. The van der Waals surface area contributed by atoms with Crippen LogP contribution in [0.2, 0.25) is 0 Å². The molecule has 0 unspecified atom stereocenters. The van der Waals surface area contributed by atoms with Crippen LogP contribution in [0.15, 0.2) is 64.7 Å². The molecule has 0 bridgehead atoms. The monoisotopic (exact) mass is 252 g/mol. The van der Waals surface area contributed by atoms with Gasteiger partial charge in [-0.25, -0.2) is 5.43 Å². The van der Waals surface area contributed by atoms with E-state index in [2.05, 4.69) is 39.8 Å². The Morgan fingerprint density at radius 1 is 1.00 bits per heavy atom. The van der Waals surface area contributed by atoms with Crippen LogP contribution in [-0.2, 0) is 0 Å². The van der Waals surface area contributed by atoms with Crippen molar-refractivity contribution in [2.24, 2.45) is 15.8 Å².